The minimum Gasteiger partial charge on any atom is -0.756 e. The molecule has 1 amide bonds. The topological polar surface area (TPSA) is 108 Å². The van der Waals surface area contributed by atoms with Crippen LogP contribution >= 0.6 is 7.82 Å². The molecule has 0 aromatic rings. The SMILES string of the molecule is CCCCCCCCCC/C=C\CCCCCCCCCCCCCCCCCCCCCCCCCCCC(=O)NC(COP(=O)([O-])OCC[N+](C)(C)C)C(O)CCCCCCCCCCCCCCCCCCCCCCCCCCC. The third-order valence-corrected chi connectivity index (χ3v) is 19.0. The Morgan fingerprint density at radius 2 is 0.655 bits per heavy atom. The maximum Gasteiger partial charge on any atom is 0.268 e. The third-order valence-electron chi connectivity index (χ3n) is 18.0. The van der Waals surface area contributed by atoms with E-state index in [1.54, 1.807) is 0 Å². The molecule has 0 spiro atoms. The van der Waals surface area contributed by atoms with Crippen LogP contribution in [0.4, 0.5) is 0 Å². The molecule has 0 saturated heterocycles. The number of aliphatic hydroxyl groups excluding tert-OH is 1. The first-order valence-electron chi connectivity index (χ1n) is 38.0. The first-order valence-corrected chi connectivity index (χ1v) is 39.5. The molecule has 0 aromatic carbocycles. The van der Waals surface area contributed by atoms with Gasteiger partial charge < -0.3 is 28.8 Å². The van der Waals surface area contributed by atoms with Crippen molar-refractivity contribution in [1.29, 1.82) is 0 Å². The second-order valence-electron chi connectivity index (χ2n) is 27.7. The smallest absolute Gasteiger partial charge is 0.268 e. The summed E-state index contributed by atoms with van der Waals surface area (Å²) in [6.45, 7) is 4.80. The fraction of sp³-hybridized carbons (Fsp3) is 0.960. The molecule has 0 bridgehead atoms. The highest BCUT2D eigenvalue weighted by Gasteiger charge is 2.24. The highest BCUT2D eigenvalue weighted by molar-refractivity contribution is 7.45. The Labute approximate surface area is 526 Å². The molecule has 2 N–H and O–H groups in total. The summed E-state index contributed by atoms with van der Waals surface area (Å²) in [5.74, 6) is -0.154. The maximum absolute atomic E-state index is 13.1. The zero-order valence-electron chi connectivity index (χ0n) is 57.7. The number of likely N-dealkylation sites (N-methyl/N-ethyl adjacent to an activating group) is 1. The number of nitrogens with zero attached hydrogens (tertiary/aromatic N) is 1. The van der Waals surface area contributed by atoms with Crippen molar-refractivity contribution < 1.29 is 32.9 Å². The van der Waals surface area contributed by atoms with Crippen molar-refractivity contribution in [1.82, 2.24) is 5.32 Å². The highest BCUT2D eigenvalue weighted by Crippen LogP contribution is 2.38. The van der Waals surface area contributed by atoms with E-state index in [-0.39, 0.29) is 19.1 Å². The van der Waals surface area contributed by atoms with Gasteiger partial charge in [0.2, 0.25) is 5.91 Å². The molecule has 8 nitrogen and oxygen atoms in total. The van der Waals surface area contributed by atoms with Crippen LogP contribution in [0.1, 0.15) is 412 Å². The predicted octanol–water partition coefficient (Wildman–Crippen LogP) is 23.8. The Bertz CT molecular complexity index is 1370. The van der Waals surface area contributed by atoms with Gasteiger partial charge in [-0.2, -0.15) is 0 Å². The number of aliphatic hydroxyl groups is 1. The van der Waals surface area contributed by atoms with Crippen molar-refractivity contribution in [2.45, 2.75) is 424 Å². The molecule has 3 unspecified atom stereocenters. The van der Waals surface area contributed by atoms with Gasteiger partial charge in [0.15, 0.2) is 0 Å². The van der Waals surface area contributed by atoms with E-state index in [0.717, 1.165) is 38.5 Å². The lowest BCUT2D eigenvalue weighted by Crippen LogP contribution is -2.46. The van der Waals surface area contributed by atoms with Crippen molar-refractivity contribution >= 4 is 13.7 Å². The maximum atomic E-state index is 13.1. The van der Waals surface area contributed by atoms with Crippen molar-refractivity contribution in [3.05, 3.63) is 12.2 Å². The molecule has 0 aromatic heterocycles. The Hall–Kier alpha value is -0.760. The Morgan fingerprint density at radius 1 is 0.405 bits per heavy atom. The zero-order valence-corrected chi connectivity index (χ0v) is 58.5. The van der Waals surface area contributed by atoms with Crippen LogP contribution in [0, 0.1) is 0 Å². The summed E-state index contributed by atoms with van der Waals surface area (Å²) in [6, 6.07) is -0.798. The summed E-state index contributed by atoms with van der Waals surface area (Å²) < 4.78 is 23.6. The van der Waals surface area contributed by atoms with Crippen molar-refractivity contribution in [2.24, 2.45) is 0 Å². The van der Waals surface area contributed by atoms with Gasteiger partial charge in [-0.3, -0.25) is 9.36 Å². The van der Waals surface area contributed by atoms with Crippen LogP contribution in [-0.2, 0) is 18.4 Å². The number of phosphoric acid groups is 1. The summed E-state index contributed by atoms with van der Waals surface area (Å²) in [7, 11) is 1.33. The van der Waals surface area contributed by atoms with Crippen LogP contribution in [0.25, 0.3) is 0 Å². The number of allylic oxidation sites excluding steroid dienone is 2. The molecule has 0 fully saturated rings. The largest absolute Gasteiger partial charge is 0.756 e. The fourth-order valence-electron chi connectivity index (χ4n) is 12.1. The fourth-order valence-corrected chi connectivity index (χ4v) is 12.8. The number of rotatable bonds is 72. The van der Waals surface area contributed by atoms with Gasteiger partial charge in [0.25, 0.3) is 7.82 Å². The van der Waals surface area contributed by atoms with Gasteiger partial charge in [-0.25, -0.2) is 0 Å². The Kier molecular flexibility index (Phi) is 66.1. The average molecular weight is 1210 g/mol. The van der Waals surface area contributed by atoms with Crippen LogP contribution < -0.4 is 10.2 Å². The minimum absolute atomic E-state index is 0.0163. The minimum atomic E-state index is -4.58. The molecule has 84 heavy (non-hydrogen) atoms. The number of carbonyl (C=O) groups is 1. The second-order valence-corrected chi connectivity index (χ2v) is 29.1. The Balaban J connectivity index is 3.90. The summed E-state index contributed by atoms with van der Waals surface area (Å²) in [5.41, 5.74) is 0. The van der Waals surface area contributed by atoms with Gasteiger partial charge in [-0.05, 0) is 38.5 Å². The molecule has 0 saturated carbocycles. The average Bonchev–Trinajstić information content (AvgIpc) is 3.56. The van der Waals surface area contributed by atoms with Crippen LogP contribution in [0.15, 0.2) is 12.2 Å². The van der Waals surface area contributed by atoms with Crippen molar-refractivity contribution in [3.8, 4) is 0 Å². The molecule has 0 aliphatic rings. The van der Waals surface area contributed by atoms with E-state index >= 15 is 0 Å². The Morgan fingerprint density at radius 3 is 0.929 bits per heavy atom. The lowest BCUT2D eigenvalue weighted by molar-refractivity contribution is -0.870. The molecule has 9 heteroatoms. The molecule has 3 atom stereocenters. The van der Waals surface area contributed by atoms with E-state index in [9.17, 15) is 19.4 Å². The summed E-state index contributed by atoms with van der Waals surface area (Å²) in [6.07, 6.45) is 86.1. The van der Waals surface area contributed by atoms with Gasteiger partial charge in [-0.1, -0.05) is 379 Å². The van der Waals surface area contributed by atoms with Crippen LogP contribution in [0.2, 0.25) is 0 Å². The molecule has 0 rings (SSSR count). The van der Waals surface area contributed by atoms with Gasteiger partial charge >= 0.3 is 0 Å². The lowest BCUT2D eigenvalue weighted by atomic mass is 10.0. The predicted molar refractivity (Wildman–Crippen MR) is 367 cm³/mol. The normalized spacial score (nSPS) is 13.6. The lowest BCUT2D eigenvalue weighted by Gasteiger charge is -2.30. The standard InChI is InChI=1S/C75H151N2O6P/c1-6-8-10-12-14-16-18-20-22-24-26-28-30-32-33-34-35-36-37-38-39-40-41-42-43-45-47-49-51-53-55-57-59-61-63-65-67-69-75(79)76-73(72-83-84(80,81)82-71-70-77(3,4)5)74(78)68-66-64-62-60-58-56-54-52-50-48-46-44-31-29-27-25-23-21-19-17-15-13-11-9-7-2/h24,26,73-74,78H,6-23,25,27-72H2,1-5H3,(H-,76,79,80,81)/b26-24-. The number of phosphoric ester groups is 1. The second kappa shape index (κ2) is 66.7. The van der Waals surface area contributed by atoms with Crippen LogP contribution in [-0.4, -0.2) is 68.5 Å². The van der Waals surface area contributed by atoms with Crippen molar-refractivity contribution in [3.63, 3.8) is 0 Å². The number of amides is 1. The van der Waals surface area contributed by atoms with Gasteiger partial charge in [-0.15, -0.1) is 0 Å². The summed E-state index contributed by atoms with van der Waals surface area (Å²) in [5, 5.41) is 14.1. The quantitative estimate of drug-likeness (QED) is 0.0272. The number of hydrogen-bond donors (Lipinski definition) is 2. The van der Waals surface area contributed by atoms with Gasteiger partial charge in [0.1, 0.15) is 13.2 Å². The number of quaternary nitrogens is 1. The number of hydrogen-bond acceptors (Lipinski definition) is 6. The molecular weight excluding hydrogens is 1060 g/mol. The molecule has 0 aliphatic carbocycles. The number of carbonyl (C=O) groups excluding carboxylic acids is 1. The van der Waals surface area contributed by atoms with E-state index in [2.05, 4.69) is 31.3 Å². The number of nitrogens with one attached hydrogen (secondary N) is 1. The molecule has 0 radical (unpaired) electrons. The van der Waals surface area contributed by atoms with Gasteiger partial charge in [0, 0.05) is 6.42 Å². The van der Waals surface area contributed by atoms with E-state index in [0.29, 0.717) is 23.9 Å². The first kappa shape index (κ1) is 83.2. The van der Waals surface area contributed by atoms with E-state index in [1.807, 2.05) is 21.1 Å². The molecular formula is C75H151N2O6P. The van der Waals surface area contributed by atoms with E-state index < -0.39 is 20.0 Å². The third kappa shape index (κ3) is 68.7. The van der Waals surface area contributed by atoms with Crippen molar-refractivity contribution in [2.75, 3.05) is 40.9 Å². The van der Waals surface area contributed by atoms with Gasteiger partial charge in [0.05, 0.1) is 39.9 Å². The highest BCUT2D eigenvalue weighted by atomic mass is 31.2. The molecule has 0 heterocycles. The summed E-state index contributed by atoms with van der Waals surface area (Å²) in [4.78, 5) is 25.7. The number of unbranched alkanes of at least 4 members (excludes halogenated alkanes) is 57. The van der Waals surface area contributed by atoms with Crippen LogP contribution in [0.5, 0.6) is 0 Å². The first-order chi connectivity index (χ1) is 41.0. The molecule has 0 aliphatic heterocycles. The monoisotopic (exact) mass is 1210 g/mol. The summed E-state index contributed by atoms with van der Waals surface area (Å²) >= 11 is 0. The van der Waals surface area contributed by atoms with Crippen LogP contribution in [0.3, 0.4) is 0 Å². The molecule has 502 valence electrons. The zero-order chi connectivity index (χ0) is 61.2. The van der Waals surface area contributed by atoms with E-state index in [1.165, 1.54) is 347 Å². The van der Waals surface area contributed by atoms with E-state index in [4.69, 9.17) is 9.05 Å².